The van der Waals surface area contributed by atoms with Crippen LogP contribution in [0.1, 0.15) is 23.0 Å². The zero-order valence-corrected chi connectivity index (χ0v) is 11.8. The molecule has 2 aromatic rings. The minimum atomic E-state index is -1.15. The van der Waals surface area contributed by atoms with E-state index in [1.807, 2.05) is 0 Å². The Morgan fingerprint density at radius 3 is 2.64 bits per heavy atom. The first-order chi connectivity index (χ1) is 10.5. The summed E-state index contributed by atoms with van der Waals surface area (Å²) in [6, 6.07) is 9.65. The predicted octanol–water partition coefficient (Wildman–Crippen LogP) is 1.32. The molecule has 0 saturated carbocycles. The lowest BCUT2D eigenvalue weighted by molar-refractivity contribution is -0.123. The van der Waals surface area contributed by atoms with E-state index in [-0.39, 0.29) is 5.91 Å². The largest absolute Gasteiger partial charge is 0.357 e. The molecular weight excluding hydrogens is 284 g/mol. The van der Waals surface area contributed by atoms with Crippen LogP contribution in [-0.2, 0) is 10.3 Å². The number of hydrogen-bond donors (Lipinski definition) is 4. The second-order valence-electron chi connectivity index (χ2n) is 5.15. The van der Waals surface area contributed by atoms with Gasteiger partial charge in [0.2, 0.25) is 0 Å². The van der Waals surface area contributed by atoms with Crippen molar-refractivity contribution in [1.82, 2.24) is 15.6 Å². The maximum atomic E-state index is 12.0. The van der Waals surface area contributed by atoms with Gasteiger partial charge >= 0.3 is 6.03 Å². The Hall–Kier alpha value is -3.09. The van der Waals surface area contributed by atoms with E-state index < -0.39 is 17.5 Å². The number of nitrogens with one attached hydrogen (secondary N) is 4. The summed E-state index contributed by atoms with van der Waals surface area (Å²) >= 11 is 0. The molecule has 0 radical (unpaired) electrons. The van der Waals surface area contributed by atoms with Gasteiger partial charge in [-0.1, -0.05) is 12.1 Å². The third-order valence-corrected chi connectivity index (χ3v) is 3.59. The third-order valence-electron chi connectivity index (χ3n) is 3.59. The van der Waals surface area contributed by atoms with Crippen LogP contribution in [0.3, 0.4) is 0 Å². The number of benzene rings is 1. The molecule has 7 heteroatoms. The smallest absolute Gasteiger partial charge is 0.322 e. The fourth-order valence-corrected chi connectivity index (χ4v) is 2.32. The SMILES string of the molecule is C[C@@]1(c2cccc(NC(=O)c3ccc[nH]3)c2)NC(=O)NC1=O. The number of rotatable bonds is 3. The van der Waals surface area contributed by atoms with Crippen LogP contribution in [-0.4, -0.2) is 22.8 Å². The summed E-state index contributed by atoms with van der Waals surface area (Å²) in [5, 5.41) is 7.53. The number of urea groups is 1. The van der Waals surface area contributed by atoms with Crippen LogP contribution in [0.4, 0.5) is 10.5 Å². The summed E-state index contributed by atoms with van der Waals surface area (Å²) in [6.45, 7) is 1.61. The first kappa shape index (κ1) is 13.9. The molecule has 0 aliphatic carbocycles. The molecule has 1 saturated heterocycles. The second kappa shape index (κ2) is 5.03. The number of amides is 4. The van der Waals surface area contributed by atoms with Crippen LogP contribution in [0.2, 0.25) is 0 Å². The van der Waals surface area contributed by atoms with Crippen LogP contribution in [0.5, 0.6) is 0 Å². The van der Waals surface area contributed by atoms with Crippen LogP contribution in [0.15, 0.2) is 42.6 Å². The maximum Gasteiger partial charge on any atom is 0.322 e. The van der Waals surface area contributed by atoms with Crippen molar-refractivity contribution < 1.29 is 14.4 Å². The molecule has 0 bridgehead atoms. The van der Waals surface area contributed by atoms with Crippen LogP contribution >= 0.6 is 0 Å². The molecule has 4 N–H and O–H groups in total. The fourth-order valence-electron chi connectivity index (χ4n) is 2.32. The molecule has 1 fully saturated rings. The minimum Gasteiger partial charge on any atom is -0.357 e. The molecule has 1 aromatic carbocycles. The Bertz CT molecular complexity index is 754. The van der Waals surface area contributed by atoms with Gasteiger partial charge in [-0.05, 0) is 36.8 Å². The van der Waals surface area contributed by atoms with E-state index in [4.69, 9.17) is 0 Å². The molecular formula is C15H14N4O3. The van der Waals surface area contributed by atoms with Gasteiger partial charge in [-0.2, -0.15) is 0 Å². The van der Waals surface area contributed by atoms with Gasteiger partial charge in [0.05, 0.1) is 0 Å². The molecule has 1 aliphatic rings. The molecule has 2 heterocycles. The van der Waals surface area contributed by atoms with Crippen LogP contribution in [0.25, 0.3) is 0 Å². The molecule has 1 atom stereocenters. The highest BCUT2D eigenvalue weighted by molar-refractivity contribution is 6.07. The highest BCUT2D eigenvalue weighted by atomic mass is 16.2. The monoisotopic (exact) mass is 298 g/mol. The summed E-state index contributed by atoms with van der Waals surface area (Å²) in [6.07, 6.45) is 1.66. The topological polar surface area (TPSA) is 103 Å². The van der Waals surface area contributed by atoms with Crippen molar-refractivity contribution in [2.45, 2.75) is 12.5 Å². The van der Waals surface area contributed by atoms with Gasteiger partial charge in [0, 0.05) is 11.9 Å². The number of imide groups is 1. The lowest BCUT2D eigenvalue weighted by atomic mass is 9.92. The number of carbonyl (C=O) groups is 3. The van der Waals surface area contributed by atoms with Crippen molar-refractivity contribution >= 4 is 23.5 Å². The molecule has 4 amide bonds. The molecule has 0 unspecified atom stereocenters. The average Bonchev–Trinajstić information content (AvgIpc) is 3.09. The van der Waals surface area contributed by atoms with Gasteiger partial charge in [-0.25, -0.2) is 4.79 Å². The number of hydrogen-bond acceptors (Lipinski definition) is 3. The summed E-state index contributed by atoms with van der Waals surface area (Å²) < 4.78 is 0. The number of aromatic nitrogens is 1. The number of carbonyl (C=O) groups excluding carboxylic acids is 3. The molecule has 1 aliphatic heterocycles. The molecule has 112 valence electrons. The van der Waals surface area contributed by atoms with Gasteiger partial charge in [0.1, 0.15) is 11.2 Å². The van der Waals surface area contributed by atoms with E-state index in [2.05, 4.69) is 20.9 Å². The predicted molar refractivity (Wildman–Crippen MR) is 79.2 cm³/mol. The standard InChI is InChI=1S/C15H14N4O3/c1-15(13(21)18-14(22)19-15)9-4-2-5-10(8-9)17-12(20)11-6-3-7-16-11/h2-8,16H,1H3,(H,17,20)(H2,18,19,21,22)/t15-/m0/s1. The van der Waals surface area contributed by atoms with Crippen LogP contribution < -0.4 is 16.0 Å². The lowest BCUT2D eigenvalue weighted by Gasteiger charge is -2.21. The van der Waals surface area contributed by atoms with Crippen molar-refractivity contribution in [3.8, 4) is 0 Å². The van der Waals surface area contributed by atoms with E-state index in [9.17, 15) is 14.4 Å². The van der Waals surface area contributed by atoms with Crippen molar-refractivity contribution in [1.29, 1.82) is 0 Å². The average molecular weight is 298 g/mol. The zero-order chi connectivity index (χ0) is 15.7. The minimum absolute atomic E-state index is 0.285. The van der Waals surface area contributed by atoms with E-state index in [0.29, 0.717) is 16.9 Å². The van der Waals surface area contributed by atoms with Crippen molar-refractivity contribution in [2.24, 2.45) is 0 Å². The molecule has 0 spiro atoms. The lowest BCUT2D eigenvalue weighted by Crippen LogP contribution is -2.40. The second-order valence-corrected chi connectivity index (χ2v) is 5.15. The highest BCUT2D eigenvalue weighted by Gasteiger charge is 2.43. The summed E-state index contributed by atoms with van der Waals surface area (Å²) in [4.78, 5) is 38.1. The Kier molecular flexibility index (Phi) is 3.17. The number of H-pyrrole nitrogens is 1. The Labute approximate surface area is 126 Å². The molecule has 7 nitrogen and oxygen atoms in total. The number of aromatic amines is 1. The van der Waals surface area contributed by atoms with Gasteiger partial charge in [0.25, 0.3) is 11.8 Å². The van der Waals surface area contributed by atoms with E-state index in [1.165, 1.54) is 0 Å². The van der Waals surface area contributed by atoms with Gasteiger partial charge in [-0.15, -0.1) is 0 Å². The van der Waals surface area contributed by atoms with Gasteiger partial charge in [-0.3, -0.25) is 14.9 Å². The molecule has 3 rings (SSSR count). The summed E-state index contributed by atoms with van der Waals surface area (Å²) in [7, 11) is 0. The van der Waals surface area contributed by atoms with Crippen molar-refractivity contribution in [3.63, 3.8) is 0 Å². The van der Waals surface area contributed by atoms with E-state index in [0.717, 1.165) is 0 Å². The maximum absolute atomic E-state index is 12.0. The van der Waals surface area contributed by atoms with Crippen molar-refractivity contribution in [2.75, 3.05) is 5.32 Å². The first-order valence-corrected chi connectivity index (χ1v) is 6.68. The Balaban J connectivity index is 1.86. The molecule has 22 heavy (non-hydrogen) atoms. The highest BCUT2D eigenvalue weighted by Crippen LogP contribution is 2.26. The normalized spacial score (nSPS) is 20.4. The Morgan fingerprint density at radius 1 is 1.18 bits per heavy atom. The van der Waals surface area contributed by atoms with E-state index in [1.54, 1.807) is 49.5 Å². The fraction of sp³-hybridized carbons (Fsp3) is 0.133. The number of anilines is 1. The van der Waals surface area contributed by atoms with E-state index >= 15 is 0 Å². The van der Waals surface area contributed by atoms with Crippen LogP contribution in [0, 0.1) is 0 Å². The Morgan fingerprint density at radius 2 is 2.00 bits per heavy atom. The van der Waals surface area contributed by atoms with Gasteiger partial charge in [0.15, 0.2) is 0 Å². The first-order valence-electron chi connectivity index (χ1n) is 6.68. The quantitative estimate of drug-likeness (QED) is 0.642. The van der Waals surface area contributed by atoms with Gasteiger partial charge < -0.3 is 15.6 Å². The third kappa shape index (κ3) is 2.32. The molecule has 1 aromatic heterocycles. The zero-order valence-electron chi connectivity index (χ0n) is 11.8. The summed E-state index contributed by atoms with van der Waals surface area (Å²) in [5.41, 5.74) is 0.403. The summed E-state index contributed by atoms with van der Waals surface area (Å²) in [5.74, 6) is -0.711. The van der Waals surface area contributed by atoms with Crippen molar-refractivity contribution in [3.05, 3.63) is 53.9 Å².